The third kappa shape index (κ3) is 4.88. The zero-order chi connectivity index (χ0) is 18.4. The second-order valence-corrected chi connectivity index (χ2v) is 6.40. The lowest BCUT2D eigenvalue weighted by molar-refractivity contribution is -0.147. The topological polar surface area (TPSA) is 89.3 Å². The van der Waals surface area contributed by atoms with Crippen LogP contribution >= 0.6 is 11.3 Å². The Hall–Kier alpha value is -2.72. The molecule has 2 aromatic rings. The number of hydrogen-bond donors (Lipinski definition) is 0. The maximum absolute atomic E-state index is 12.2. The number of aryl methyl sites for hydroxylation is 2. The molecule has 0 spiro atoms. The highest BCUT2D eigenvalue weighted by molar-refractivity contribution is 7.09. The number of benzene rings is 1. The summed E-state index contributed by atoms with van der Waals surface area (Å²) < 4.78 is 10.3. The van der Waals surface area contributed by atoms with Crippen LogP contribution in [0.5, 0.6) is 5.75 Å². The average Bonchev–Trinajstić information content (AvgIpc) is 3.00. The Labute approximate surface area is 150 Å². The van der Waals surface area contributed by atoms with Gasteiger partial charge in [0.05, 0.1) is 19.6 Å². The van der Waals surface area contributed by atoms with Crippen LogP contribution in [0.2, 0.25) is 0 Å². The van der Waals surface area contributed by atoms with E-state index < -0.39 is 24.3 Å². The van der Waals surface area contributed by atoms with E-state index in [1.165, 1.54) is 18.4 Å². The van der Waals surface area contributed by atoms with Crippen molar-refractivity contribution in [2.24, 2.45) is 0 Å². The number of methoxy groups -OCH3 is 1. The number of carbonyl (C=O) groups is 2. The fourth-order valence-electron chi connectivity index (χ4n) is 2.26. The van der Waals surface area contributed by atoms with Crippen LogP contribution in [0, 0.1) is 25.2 Å². The summed E-state index contributed by atoms with van der Waals surface area (Å²) in [5, 5.41) is 11.4. The number of hydrogen-bond acceptors (Lipinski definition) is 7. The van der Waals surface area contributed by atoms with Crippen molar-refractivity contribution in [2.75, 3.05) is 13.7 Å². The van der Waals surface area contributed by atoms with Gasteiger partial charge in [-0.25, -0.2) is 4.98 Å². The van der Waals surface area contributed by atoms with E-state index in [9.17, 15) is 14.9 Å². The van der Waals surface area contributed by atoms with Gasteiger partial charge in [-0.05, 0) is 19.9 Å². The SMILES string of the molecule is COc1ccc(C)cc1CC(=O)OCC(=O)[C@@H](C#N)c1nc(C)cs1. The first-order valence-electron chi connectivity index (χ1n) is 7.58. The molecule has 0 unspecified atom stereocenters. The van der Waals surface area contributed by atoms with E-state index in [0.29, 0.717) is 16.3 Å². The van der Waals surface area contributed by atoms with Crippen molar-refractivity contribution < 1.29 is 19.1 Å². The smallest absolute Gasteiger partial charge is 0.310 e. The molecule has 1 atom stereocenters. The zero-order valence-corrected chi connectivity index (χ0v) is 15.1. The van der Waals surface area contributed by atoms with Gasteiger partial charge >= 0.3 is 5.97 Å². The molecule has 0 bridgehead atoms. The van der Waals surface area contributed by atoms with Crippen LogP contribution in [0.25, 0.3) is 0 Å². The van der Waals surface area contributed by atoms with Gasteiger partial charge in [0.25, 0.3) is 0 Å². The van der Waals surface area contributed by atoms with Gasteiger partial charge in [-0.15, -0.1) is 11.3 Å². The quantitative estimate of drug-likeness (QED) is 0.707. The van der Waals surface area contributed by atoms with E-state index >= 15 is 0 Å². The molecule has 6 nitrogen and oxygen atoms in total. The van der Waals surface area contributed by atoms with Crippen molar-refractivity contribution in [2.45, 2.75) is 26.2 Å². The zero-order valence-electron chi connectivity index (χ0n) is 14.2. The van der Waals surface area contributed by atoms with Crippen molar-refractivity contribution in [3.63, 3.8) is 0 Å². The molecule has 0 aliphatic rings. The molecule has 0 amide bonds. The average molecular weight is 358 g/mol. The molecule has 1 heterocycles. The van der Waals surface area contributed by atoms with Gasteiger partial charge in [0, 0.05) is 16.6 Å². The minimum Gasteiger partial charge on any atom is -0.496 e. The van der Waals surface area contributed by atoms with Crippen molar-refractivity contribution in [3.8, 4) is 11.8 Å². The van der Waals surface area contributed by atoms with E-state index in [-0.39, 0.29) is 6.42 Å². The third-order valence-corrected chi connectivity index (χ3v) is 4.51. The number of nitrogens with zero attached hydrogens (tertiary/aromatic N) is 2. The molecular formula is C18H18N2O4S. The molecule has 25 heavy (non-hydrogen) atoms. The Bertz CT molecular complexity index is 823. The van der Waals surface area contributed by atoms with Gasteiger partial charge in [-0.1, -0.05) is 17.7 Å². The van der Waals surface area contributed by atoms with E-state index in [2.05, 4.69) is 4.98 Å². The predicted octanol–water partition coefficient (Wildman–Crippen LogP) is 2.73. The molecule has 0 aliphatic heterocycles. The Morgan fingerprint density at radius 3 is 2.72 bits per heavy atom. The van der Waals surface area contributed by atoms with Crippen LogP contribution in [-0.2, 0) is 20.7 Å². The largest absolute Gasteiger partial charge is 0.496 e. The molecule has 0 radical (unpaired) electrons. The Morgan fingerprint density at radius 2 is 2.12 bits per heavy atom. The molecule has 2 rings (SSSR count). The molecular weight excluding hydrogens is 340 g/mol. The number of Topliss-reactive ketones (excluding diaryl/α,β-unsaturated/α-hetero) is 1. The number of esters is 1. The van der Waals surface area contributed by atoms with Gasteiger partial charge < -0.3 is 9.47 Å². The Morgan fingerprint density at radius 1 is 1.36 bits per heavy atom. The van der Waals surface area contributed by atoms with E-state index in [4.69, 9.17) is 9.47 Å². The molecule has 0 saturated carbocycles. The van der Waals surface area contributed by atoms with Crippen LogP contribution in [0.15, 0.2) is 23.6 Å². The van der Waals surface area contributed by atoms with Gasteiger partial charge in [-0.2, -0.15) is 5.26 Å². The van der Waals surface area contributed by atoms with Crippen molar-refractivity contribution >= 4 is 23.1 Å². The molecule has 0 fully saturated rings. The normalized spacial score (nSPS) is 11.4. The summed E-state index contributed by atoms with van der Waals surface area (Å²) in [4.78, 5) is 28.3. The maximum atomic E-state index is 12.2. The van der Waals surface area contributed by atoms with Gasteiger partial charge in [0.2, 0.25) is 0 Å². The molecule has 0 N–H and O–H groups in total. The van der Waals surface area contributed by atoms with Gasteiger partial charge in [0.1, 0.15) is 10.8 Å². The summed E-state index contributed by atoms with van der Waals surface area (Å²) in [6, 6.07) is 7.41. The standard InChI is InChI=1S/C18H18N2O4S/c1-11-4-5-16(23-3)13(6-11)7-17(22)24-9-15(21)14(8-19)18-20-12(2)10-25-18/h4-6,10,14H,7,9H2,1-3H3/t14-/m1/s1. The second-order valence-electron chi connectivity index (χ2n) is 5.51. The summed E-state index contributed by atoms with van der Waals surface area (Å²) in [5.41, 5.74) is 2.42. The Balaban J connectivity index is 1.96. The molecule has 0 saturated heterocycles. The van der Waals surface area contributed by atoms with Crippen LogP contribution in [0.1, 0.15) is 27.7 Å². The first-order valence-corrected chi connectivity index (χ1v) is 8.46. The van der Waals surface area contributed by atoms with Gasteiger partial charge in [-0.3, -0.25) is 9.59 Å². The van der Waals surface area contributed by atoms with Crippen molar-refractivity contribution in [3.05, 3.63) is 45.4 Å². The first kappa shape index (κ1) is 18.6. The first-order chi connectivity index (χ1) is 11.9. The second kappa shape index (κ2) is 8.40. The number of rotatable bonds is 7. The molecule has 130 valence electrons. The van der Waals surface area contributed by atoms with Crippen molar-refractivity contribution in [1.82, 2.24) is 4.98 Å². The molecule has 7 heteroatoms. The highest BCUT2D eigenvalue weighted by atomic mass is 32.1. The number of aromatic nitrogens is 1. The fourth-order valence-corrected chi connectivity index (χ4v) is 3.12. The summed E-state index contributed by atoms with van der Waals surface area (Å²) in [6.07, 6.45) is -0.00822. The van der Waals surface area contributed by atoms with Crippen LogP contribution in [0.4, 0.5) is 0 Å². The Kier molecular flexibility index (Phi) is 6.25. The highest BCUT2D eigenvalue weighted by Gasteiger charge is 2.24. The van der Waals surface area contributed by atoms with E-state index in [1.807, 2.05) is 25.1 Å². The minimum atomic E-state index is -1.01. The number of nitriles is 1. The van der Waals surface area contributed by atoms with Gasteiger partial charge in [0.15, 0.2) is 18.3 Å². The van der Waals surface area contributed by atoms with E-state index in [0.717, 1.165) is 11.3 Å². The number of thiazole rings is 1. The number of carbonyl (C=O) groups excluding carboxylic acids is 2. The number of ether oxygens (including phenoxy) is 2. The minimum absolute atomic E-state index is 0.00822. The van der Waals surface area contributed by atoms with Crippen LogP contribution in [-0.4, -0.2) is 30.5 Å². The summed E-state index contributed by atoms with van der Waals surface area (Å²) in [5.74, 6) is -1.47. The molecule has 1 aromatic heterocycles. The lowest BCUT2D eigenvalue weighted by Gasteiger charge is -2.10. The molecule has 0 aliphatic carbocycles. The number of ketones is 1. The fraction of sp³-hybridized carbons (Fsp3) is 0.333. The predicted molar refractivity (Wildman–Crippen MR) is 92.6 cm³/mol. The summed E-state index contributed by atoms with van der Waals surface area (Å²) in [7, 11) is 1.52. The lowest BCUT2D eigenvalue weighted by atomic mass is 10.1. The lowest BCUT2D eigenvalue weighted by Crippen LogP contribution is -2.20. The maximum Gasteiger partial charge on any atom is 0.310 e. The van der Waals surface area contributed by atoms with Crippen LogP contribution < -0.4 is 4.74 Å². The van der Waals surface area contributed by atoms with Crippen LogP contribution in [0.3, 0.4) is 0 Å². The van der Waals surface area contributed by atoms with E-state index in [1.54, 1.807) is 18.4 Å². The monoisotopic (exact) mass is 358 g/mol. The third-order valence-electron chi connectivity index (χ3n) is 3.48. The molecule has 1 aromatic carbocycles. The summed E-state index contributed by atoms with van der Waals surface area (Å²) >= 11 is 1.24. The highest BCUT2D eigenvalue weighted by Crippen LogP contribution is 2.22. The summed E-state index contributed by atoms with van der Waals surface area (Å²) in [6.45, 7) is 3.24. The van der Waals surface area contributed by atoms with Crippen molar-refractivity contribution in [1.29, 1.82) is 5.26 Å².